The van der Waals surface area contributed by atoms with E-state index in [1.54, 1.807) is 23.1 Å². The van der Waals surface area contributed by atoms with Crippen LogP contribution in [0.3, 0.4) is 0 Å². The van der Waals surface area contributed by atoms with Gasteiger partial charge < -0.3 is 0 Å². The van der Waals surface area contributed by atoms with E-state index in [0.717, 1.165) is 5.56 Å². The summed E-state index contributed by atoms with van der Waals surface area (Å²) in [7, 11) is 0. The predicted octanol–water partition coefficient (Wildman–Crippen LogP) is 5.97. The topological polar surface area (TPSA) is 37.4 Å². The van der Waals surface area contributed by atoms with E-state index >= 15 is 0 Å². The number of allylic oxidation sites excluding steroid dienone is 2. The number of nitrogens with zero attached hydrogens (tertiary/aromatic N) is 1. The van der Waals surface area contributed by atoms with Crippen molar-refractivity contribution in [2.24, 2.45) is 0 Å². The molecule has 0 radical (unpaired) electrons. The van der Waals surface area contributed by atoms with Crippen molar-refractivity contribution in [1.82, 2.24) is 0 Å². The fourth-order valence-electron chi connectivity index (χ4n) is 4.20. The number of ketones is 1. The van der Waals surface area contributed by atoms with Gasteiger partial charge in [-0.15, -0.1) is 0 Å². The van der Waals surface area contributed by atoms with Crippen molar-refractivity contribution in [3.63, 3.8) is 0 Å². The molecule has 0 saturated carbocycles. The van der Waals surface area contributed by atoms with Gasteiger partial charge in [0.1, 0.15) is 5.82 Å². The standard InChI is InChI=1S/C22H18Cl2FNO2/c1-12-14(23)5-3-8-17(12)26-18-9-4-10-19(27)22(18)13(11-20(26)28)21-15(24)6-2-7-16(21)25/h2-3,5-8,13H,4,9-11H2,1H3. The molecule has 0 N–H and O–H groups in total. The number of halogens is 3. The van der Waals surface area contributed by atoms with Crippen molar-refractivity contribution in [3.05, 3.63) is 74.7 Å². The van der Waals surface area contributed by atoms with Crippen LogP contribution in [0.25, 0.3) is 0 Å². The van der Waals surface area contributed by atoms with E-state index in [-0.39, 0.29) is 28.7 Å². The van der Waals surface area contributed by atoms with E-state index in [1.165, 1.54) is 12.1 Å². The highest BCUT2D eigenvalue weighted by atomic mass is 35.5. The third-order valence-corrected chi connectivity index (χ3v) is 6.24. The fourth-order valence-corrected chi connectivity index (χ4v) is 4.67. The number of benzene rings is 2. The molecule has 4 rings (SSSR count). The summed E-state index contributed by atoms with van der Waals surface area (Å²) in [5, 5.41) is 0.782. The number of hydrogen-bond donors (Lipinski definition) is 0. The first kappa shape index (κ1) is 19.2. The first-order valence-corrected chi connectivity index (χ1v) is 9.94. The van der Waals surface area contributed by atoms with Crippen molar-refractivity contribution in [3.8, 4) is 0 Å². The number of hydrogen-bond acceptors (Lipinski definition) is 2. The third-order valence-electron chi connectivity index (χ3n) is 5.50. The molecule has 2 aromatic rings. The summed E-state index contributed by atoms with van der Waals surface area (Å²) in [5.41, 5.74) is 2.80. The Morgan fingerprint density at radius 2 is 1.75 bits per heavy atom. The summed E-state index contributed by atoms with van der Waals surface area (Å²) < 4.78 is 14.6. The second-order valence-corrected chi connectivity index (χ2v) is 7.96. The molecule has 2 aromatic carbocycles. The molecule has 0 fully saturated rings. The van der Waals surface area contributed by atoms with Crippen molar-refractivity contribution >= 4 is 40.6 Å². The molecule has 1 amide bonds. The lowest BCUT2D eigenvalue weighted by atomic mass is 9.77. The van der Waals surface area contributed by atoms with Gasteiger partial charge in [-0.1, -0.05) is 35.3 Å². The van der Waals surface area contributed by atoms with Crippen LogP contribution in [0.2, 0.25) is 10.0 Å². The molecule has 28 heavy (non-hydrogen) atoms. The zero-order valence-corrected chi connectivity index (χ0v) is 16.8. The Labute approximate surface area is 172 Å². The van der Waals surface area contributed by atoms with Gasteiger partial charge in [0, 0.05) is 45.6 Å². The Balaban J connectivity index is 1.94. The van der Waals surface area contributed by atoms with Crippen molar-refractivity contribution in [2.75, 3.05) is 4.90 Å². The molecule has 3 nitrogen and oxygen atoms in total. The molecule has 6 heteroatoms. The molecule has 0 spiro atoms. The molecule has 0 aromatic heterocycles. The molecule has 1 atom stereocenters. The number of carbonyl (C=O) groups excluding carboxylic acids is 2. The molecule has 1 heterocycles. The Bertz CT molecular complexity index is 1010. The third kappa shape index (κ3) is 3.05. The molecule has 0 bridgehead atoms. The Morgan fingerprint density at radius 1 is 1.04 bits per heavy atom. The highest BCUT2D eigenvalue weighted by Crippen LogP contribution is 2.46. The van der Waals surface area contributed by atoms with Crippen LogP contribution < -0.4 is 4.90 Å². The van der Waals surface area contributed by atoms with E-state index in [0.29, 0.717) is 41.2 Å². The largest absolute Gasteiger partial charge is 0.294 e. The minimum atomic E-state index is -0.667. The number of carbonyl (C=O) groups is 2. The van der Waals surface area contributed by atoms with Crippen LogP contribution in [-0.2, 0) is 9.59 Å². The van der Waals surface area contributed by atoms with Crippen LogP contribution in [0.15, 0.2) is 47.7 Å². The summed E-state index contributed by atoms with van der Waals surface area (Å²) in [6.45, 7) is 1.84. The zero-order chi connectivity index (χ0) is 20.0. The Hall–Kier alpha value is -2.17. The lowest BCUT2D eigenvalue weighted by Crippen LogP contribution is -2.41. The van der Waals surface area contributed by atoms with Gasteiger partial charge in [-0.05, 0) is 49.6 Å². The van der Waals surface area contributed by atoms with Crippen LogP contribution >= 0.6 is 23.2 Å². The molecular weight excluding hydrogens is 400 g/mol. The molecule has 2 aliphatic rings. The van der Waals surface area contributed by atoms with Gasteiger partial charge in [-0.25, -0.2) is 4.39 Å². The van der Waals surface area contributed by atoms with Gasteiger partial charge in [0.15, 0.2) is 5.78 Å². The van der Waals surface area contributed by atoms with Crippen LogP contribution in [0.4, 0.5) is 10.1 Å². The lowest BCUT2D eigenvalue weighted by molar-refractivity contribution is -0.119. The second-order valence-electron chi connectivity index (χ2n) is 7.14. The van der Waals surface area contributed by atoms with Crippen molar-refractivity contribution in [2.45, 2.75) is 38.5 Å². The van der Waals surface area contributed by atoms with E-state index in [4.69, 9.17) is 23.2 Å². The number of rotatable bonds is 2. The van der Waals surface area contributed by atoms with Gasteiger partial charge in [-0.2, -0.15) is 0 Å². The van der Waals surface area contributed by atoms with Crippen LogP contribution in [0, 0.1) is 12.7 Å². The number of amides is 1. The van der Waals surface area contributed by atoms with E-state index < -0.39 is 11.7 Å². The second kappa shape index (κ2) is 7.34. The first-order chi connectivity index (χ1) is 13.4. The molecule has 1 aliphatic heterocycles. The minimum absolute atomic E-state index is 0.0167. The maximum Gasteiger partial charge on any atom is 0.232 e. The van der Waals surface area contributed by atoms with Crippen molar-refractivity contribution < 1.29 is 14.0 Å². The molecule has 1 aliphatic carbocycles. The predicted molar refractivity (Wildman–Crippen MR) is 108 cm³/mol. The monoisotopic (exact) mass is 417 g/mol. The first-order valence-electron chi connectivity index (χ1n) is 9.18. The van der Waals surface area contributed by atoms with E-state index in [1.807, 2.05) is 13.0 Å². The minimum Gasteiger partial charge on any atom is -0.294 e. The SMILES string of the molecule is Cc1c(Cl)cccc1N1C(=O)CC(c2c(F)cccc2Cl)C2=C1CCCC2=O. The van der Waals surface area contributed by atoms with E-state index in [2.05, 4.69) is 0 Å². The average Bonchev–Trinajstić information content (AvgIpc) is 2.64. The van der Waals surface area contributed by atoms with Gasteiger partial charge in [0.2, 0.25) is 5.91 Å². The zero-order valence-electron chi connectivity index (χ0n) is 15.3. The lowest BCUT2D eigenvalue weighted by Gasteiger charge is -2.39. The number of Topliss-reactive ketones (excluding diaryl/α,β-unsaturated/α-hetero) is 1. The van der Waals surface area contributed by atoms with Gasteiger partial charge >= 0.3 is 0 Å². The summed E-state index contributed by atoms with van der Waals surface area (Å²) in [5.74, 6) is -1.41. The molecule has 1 unspecified atom stereocenters. The number of anilines is 1. The van der Waals surface area contributed by atoms with Gasteiger partial charge in [0.05, 0.1) is 5.69 Å². The summed E-state index contributed by atoms with van der Waals surface area (Å²) in [6.07, 6.45) is 1.59. The molecular formula is C22H18Cl2FNO2. The normalized spacial score (nSPS) is 19.9. The maximum atomic E-state index is 14.6. The van der Waals surface area contributed by atoms with Crippen LogP contribution in [-0.4, -0.2) is 11.7 Å². The van der Waals surface area contributed by atoms with Gasteiger partial charge in [0.25, 0.3) is 0 Å². The maximum absolute atomic E-state index is 14.6. The van der Waals surface area contributed by atoms with Crippen LogP contribution in [0.5, 0.6) is 0 Å². The Morgan fingerprint density at radius 3 is 2.50 bits per heavy atom. The average molecular weight is 418 g/mol. The van der Waals surface area contributed by atoms with Crippen molar-refractivity contribution in [1.29, 1.82) is 0 Å². The molecule has 144 valence electrons. The summed E-state index contributed by atoms with van der Waals surface area (Å²) in [6, 6.07) is 9.78. The highest BCUT2D eigenvalue weighted by Gasteiger charge is 2.41. The van der Waals surface area contributed by atoms with Gasteiger partial charge in [-0.3, -0.25) is 14.5 Å². The molecule has 0 saturated heterocycles. The fraction of sp³-hybridized carbons (Fsp3) is 0.273. The highest BCUT2D eigenvalue weighted by molar-refractivity contribution is 6.32. The van der Waals surface area contributed by atoms with Crippen LogP contribution in [0.1, 0.15) is 42.7 Å². The quantitative estimate of drug-likeness (QED) is 0.603. The summed E-state index contributed by atoms with van der Waals surface area (Å²) in [4.78, 5) is 27.7. The summed E-state index contributed by atoms with van der Waals surface area (Å²) >= 11 is 12.5. The van der Waals surface area contributed by atoms with E-state index in [9.17, 15) is 14.0 Å². The smallest absolute Gasteiger partial charge is 0.232 e. The Kier molecular flexibility index (Phi) is 5.02.